The second-order valence-corrected chi connectivity index (χ2v) is 5.65. The average Bonchev–Trinajstić information content (AvgIpc) is 2.32. The van der Waals surface area contributed by atoms with Crippen LogP contribution in [0.1, 0.15) is 5.56 Å². The molecule has 0 aliphatic carbocycles. The fourth-order valence-corrected chi connectivity index (χ4v) is 2.71. The summed E-state index contributed by atoms with van der Waals surface area (Å²) in [6.45, 7) is 2.99. The Hall–Kier alpha value is -0.610. The Morgan fingerprint density at radius 1 is 1.39 bits per heavy atom. The topological polar surface area (TPSA) is 26.7 Å². The molecule has 0 aromatic heterocycles. The molecule has 1 saturated heterocycles. The molecule has 0 bridgehead atoms. The zero-order chi connectivity index (χ0) is 13.1. The van der Waals surface area contributed by atoms with Gasteiger partial charge in [-0.05, 0) is 38.2 Å². The predicted octanol–water partition coefficient (Wildman–Crippen LogP) is 1.49. The highest BCUT2D eigenvalue weighted by atomic mass is 35.5. The van der Waals surface area contributed by atoms with Gasteiger partial charge in [0.2, 0.25) is 0 Å². The maximum absolute atomic E-state index is 10.4. The standard InChI is InChI=1S/C14H21ClN2O/c1-16-6-7-17(2)13(10-16)14(18)9-11-4-3-5-12(15)8-11/h3-5,8,13-14,18H,6-7,9-10H2,1-2H3. The minimum Gasteiger partial charge on any atom is -0.391 e. The number of rotatable bonds is 3. The number of likely N-dealkylation sites (N-methyl/N-ethyl adjacent to an activating group) is 2. The van der Waals surface area contributed by atoms with E-state index in [2.05, 4.69) is 23.9 Å². The van der Waals surface area contributed by atoms with E-state index in [1.165, 1.54) is 0 Å². The smallest absolute Gasteiger partial charge is 0.0747 e. The molecule has 1 heterocycles. The molecule has 1 aliphatic heterocycles. The van der Waals surface area contributed by atoms with Crippen LogP contribution in [0, 0.1) is 0 Å². The lowest BCUT2D eigenvalue weighted by molar-refractivity contribution is 0.0153. The number of halogens is 1. The molecule has 2 unspecified atom stereocenters. The number of benzene rings is 1. The van der Waals surface area contributed by atoms with Crippen molar-refractivity contribution in [1.29, 1.82) is 0 Å². The van der Waals surface area contributed by atoms with Gasteiger partial charge in [0.15, 0.2) is 0 Å². The van der Waals surface area contributed by atoms with E-state index >= 15 is 0 Å². The summed E-state index contributed by atoms with van der Waals surface area (Å²) in [7, 11) is 4.19. The number of aliphatic hydroxyl groups is 1. The Morgan fingerprint density at radius 2 is 2.17 bits per heavy atom. The molecule has 4 heteroatoms. The summed E-state index contributed by atoms with van der Waals surface area (Å²) in [6, 6.07) is 7.93. The largest absolute Gasteiger partial charge is 0.391 e. The highest BCUT2D eigenvalue weighted by molar-refractivity contribution is 6.30. The SMILES string of the molecule is CN1CCN(C)C(C(O)Cc2cccc(Cl)c2)C1. The van der Waals surface area contributed by atoms with E-state index < -0.39 is 0 Å². The van der Waals surface area contributed by atoms with Crippen LogP contribution < -0.4 is 0 Å². The Labute approximate surface area is 114 Å². The van der Waals surface area contributed by atoms with Crippen LogP contribution in [-0.4, -0.2) is 60.8 Å². The Bertz CT molecular complexity index is 399. The molecule has 1 aromatic carbocycles. The Morgan fingerprint density at radius 3 is 2.89 bits per heavy atom. The Balaban J connectivity index is 2.00. The molecule has 3 nitrogen and oxygen atoms in total. The van der Waals surface area contributed by atoms with Crippen molar-refractivity contribution < 1.29 is 5.11 Å². The molecule has 0 saturated carbocycles. The van der Waals surface area contributed by atoms with Crippen LogP contribution in [0.4, 0.5) is 0 Å². The summed E-state index contributed by atoms with van der Waals surface area (Å²) in [5.74, 6) is 0. The lowest BCUT2D eigenvalue weighted by atomic mass is 9.99. The molecular formula is C14H21ClN2O. The highest BCUT2D eigenvalue weighted by Gasteiger charge is 2.28. The van der Waals surface area contributed by atoms with E-state index in [4.69, 9.17) is 11.6 Å². The minimum absolute atomic E-state index is 0.197. The van der Waals surface area contributed by atoms with E-state index in [1.54, 1.807) is 0 Å². The van der Waals surface area contributed by atoms with Crippen LogP contribution in [-0.2, 0) is 6.42 Å². The first-order valence-electron chi connectivity index (χ1n) is 6.37. The normalized spacial score (nSPS) is 24.1. The third-order valence-corrected chi connectivity index (χ3v) is 3.91. The number of hydrogen-bond acceptors (Lipinski definition) is 3. The molecule has 0 radical (unpaired) electrons. The summed E-state index contributed by atoms with van der Waals surface area (Å²) in [6.07, 6.45) is 0.305. The number of aliphatic hydroxyl groups excluding tert-OH is 1. The quantitative estimate of drug-likeness (QED) is 0.900. The molecule has 2 atom stereocenters. The van der Waals surface area contributed by atoms with E-state index in [1.807, 2.05) is 24.3 Å². The van der Waals surface area contributed by atoms with Gasteiger partial charge in [-0.1, -0.05) is 23.7 Å². The van der Waals surface area contributed by atoms with Gasteiger partial charge in [0, 0.05) is 30.7 Å². The van der Waals surface area contributed by atoms with Crippen molar-refractivity contribution in [2.45, 2.75) is 18.6 Å². The van der Waals surface area contributed by atoms with Crippen LogP contribution in [0.3, 0.4) is 0 Å². The van der Waals surface area contributed by atoms with Crippen LogP contribution >= 0.6 is 11.6 Å². The van der Waals surface area contributed by atoms with Gasteiger partial charge in [0.25, 0.3) is 0 Å². The van der Waals surface area contributed by atoms with E-state index in [0.717, 1.165) is 30.2 Å². The van der Waals surface area contributed by atoms with Gasteiger partial charge in [-0.3, -0.25) is 4.90 Å². The van der Waals surface area contributed by atoms with Crippen molar-refractivity contribution >= 4 is 11.6 Å². The van der Waals surface area contributed by atoms with E-state index in [9.17, 15) is 5.11 Å². The molecule has 100 valence electrons. The zero-order valence-corrected chi connectivity index (χ0v) is 11.8. The van der Waals surface area contributed by atoms with Crippen molar-refractivity contribution in [3.05, 3.63) is 34.9 Å². The molecule has 1 fully saturated rings. The third-order valence-electron chi connectivity index (χ3n) is 3.68. The van der Waals surface area contributed by atoms with Gasteiger partial charge in [0.1, 0.15) is 0 Å². The molecule has 18 heavy (non-hydrogen) atoms. The van der Waals surface area contributed by atoms with Gasteiger partial charge in [-0.2, -0.15) is 0 Å². The fraction of sp³-hybridized carbons (Fsp3) is 0.571. The summed E-state index contributed by atoms with van der Waals surface area (Å²) < 4.78 is 0. The van der Waals surface area contributed by atoms with Crippen LogP contribution in [0.25, 0.3) is 0 Å². The second kappa shape index (κ2) is 6.02. The first kappa shape index (κ1) is 13.8. The van der Waals surface area contributed by atoms with Gasteiger partial charge >= 0.3 is 0 Å². The number of piperazine rings is 1. The lowest BCUT2D eigenvalue weighted by Gasteiger charge is -2.40. The average molecular weight is 269 g/mol. The van der Waals surface area contributed by atoms with Gasteiger partial charge in [-0.25, -0.2) is 0 Å². The monoisotopic (exact) mass is 268 g/mol. The van der Waals surface area contributed by atoms with Crippen LogP contribution in [0.5, 0.6) is 0 Å². The molecule has 2 rings (SSSR count). The first-order valence-corrected chi connectivity index (χ1v) is 6.75. The third kappa shape index (κ3) is 3.45. The molecule has 1 N–H and O–H groups in total. The van der Waals surface area contributed by atoms with E-state index in [-0.39, 0.29) is 12.1 Å². The lowest BCUT2D eigenvalue weighted by Crippen LogP contribution is -2.55. The Kier molecular flexibility index (Phi) is 4.62. The van der Waals surface area contributed by atoms with Crippen molar-refractivity contribution in [2.24, 2.45) is 0 Å². The maximum Gasteiger partial charge on any atom is 0.0747 e. The van der Waals surface area contributed by atoms with Crippen molar-refractivity contribution in [1.82, 2.24) is 9.80 Å². The van der Waals surface area contributed by atoms with Crippen LogP contribution in [0.2, 0.25) is 5.02 Å². The fourth-order valence-electron chi connectivity index (χ4n) is 2.50. The molecule has 0 spiro atoms. The molecular weight excluding hydrogens is 248 g/mol. The van der Waals surface area contributed by atoms with Crippen molar-refractivity contribution in [2.75, 3.05) is 33.7 Å². The first-order chi connectivity index (χ1) is 8.56. The van der Waals surface area contributed by atoms with Gasteiger partial charge < -0.3 is 10.0 Å². The predicted molar refractivity (Wildman–Crippen MR) is 75.1 cm³/mol. The minimum atomic E-state index is -0.351. The summed E-state index contributed by atoms with van der Waals surface area (Å²) in [5, 5.41) is 11.1. The summed E-state index contributed by atoms with van der Waals surface area (Å²) in [5.41, 5.74) is 1.09. The van der Waals surface area contributed by atoms with Crippen LogP contribution in [0.15, 0.2) is 24.3 Å². The molecule has 1 aromatic rings. The summed E-state index contributed by atoms with van der Waals surface area (Å²) in [4.78, 5) is 4.51. The van der Waals surface area contributed by atoms with Gasteiger partial charge in [0.05, 0.1) is 6.10 Å². The number of hydrogen-bond donors (Lipinski definition) is 1. The van der Waals surface area contributed by atoms with Gasteiger partial charge in [-0.15, -0.1) is 0 Å². The molecule has 0 amide bonds. The molecule has 1 aliphatic rings. The summed E-state index contributed by atoms with van der Waals surface area (Å²) >= 11 is 5.97. The van der Waals surface area contributed by atoms with Crippen molar-refractivity contribution in [3.63, 3.8) is 0 Å². The highest BCUT2D eigenvalue weighted by Crippen LogP contribution is 2.16. The number of nitrogens with zero attached hydrogens (tertiary/aromatic N) is 2. The maximum atomic E-state index is 10.4. The zero-order valence-electron chi connectivity index (χ0n) is 11.0. The van der Waals surface area contributed by atoms with E-state index in [0.29, 0.717) is 6.42 Å². The second-order valence-electron chi connectivity index (χ2n) is 5.21. The van der Waals surface area contributed by atoms with Crippen molar-refractivity contribution in [3.8, 4) is 0 Å².